The fourth-order valence-corrected chi connectivity index (χ4v) is 2.37. The Morgan fingerprint density at radius 1 is 1.48 bits per heavy atom. The Morgan fingerprint density at radius 2 is 2.09 bits per heavy atom. The van der Waals surface area contributed by atoms with Gasteiger partial charge >= 0.3 is 18.1 Å². The number of nitro groups is 1. The number of amides is 2. The SMILES string of the molecule is CC(=O)[C@@H]1[C@H](c2ccc([N+](=O)[O-])o2)NC(=O)N[C@]1(O)C(F)(F)F. The van der Waals surface area contributed by atoms with Crippen molar-refractivity contribution in [3.05, 3.63) is 28.0 Å². The molecule has 0 spiro atoms. The van der Waals surface area contributed by atoms with Gasteiger partial charge in [-0.3, -0.25) is 14.9 Å². The summed E-state index contributed by atoms with van der Waals surface area (Å²) in [5.74, 6) is -4.56. The van der Waals surface area contributed by atoms with E-state index in [9.17, 15) is 38.0 Å². The molecule has 1 aromatic heterocycles. The van der Waals surface area contributed by atoms with Crippen LogP contribution < -0.4 is 10.6 Å². The molecule has 3 atom stereocenters. The van der Waals surface area contributed by atoms with Crippen molar-refractivity contribution in [1.29, 1.82) is 0 Å². The summed E-state index contributed by atoms with van der Waals surface area (Å²) in [6.45, 7) is 0.783. The number of carbonyl (C=O) groups is 2. The number of carbonyl (C=O) groups excluding carboxylic acids is 2. The topological polar surface area (TPSA) is 135 Å². The molecule has 0 aromatic carbocycles. The number of Topliss-reactive ketones (excluding diaryl/α,β-unsaturated/α-hetero) is 1. The Kier molecular flexibility index (Phi) is 3.80. The average molecular weight is 337 g/mol. The standard InChI is InChI=1S/C11H10F3N3O6/c1-4(18)7-8(5-2-3-6(23-5)17(21)22)15-9(19)16-10(7,20)11(12,13)14/h2-3,7-8,20H,1H3,(H2,15,16,19)/t7-,8+,10-/m1/s1. The Balaban J connectivity index is 2.53. The fourth-order valence-electron chi connectivity index (χ4n) is 2.37. The molecular weight excluding hydrogens is 327 g/mol. The molecule has 3 N–H and O–H groups in total. The maximum atomic E-state index is 13.1. The van der Waals surface area contributed by atoms with Gasteiger partial charge in [0.15, 0.2) is 0 Å². The molecule has 126 valence electrons. The number of hydrogen-bond donors (Lipinski definition) is 3. The number of alkyl halides is 3. The van der Waals surface area contributed by atoms with Crippen LogP contribution in [-0.4, -0.2) is 33.7 Å². The van der Waals surface area contributed by atoms with Crippen molar-refractivity contribution in [2.24, 2.45) is 5.92 Å². The van der Waals surface area contributed by atoms with Crippen LogP contribution in [0, 0.1) is 16.0 Å². The molecule has 2 rings (SSSR count). The minimum Gasteiger partial charge on any atom is -0.404 e. The number of rotatable bonds is 3. The lowest BCUT2D eigenvalue weighted by molar-refractivity contribution is -0.402. The van der Waals surface area contributed by atoms with Crippen LogP contribution in [-0.2, 0) is 4.79 Å². The van der Waals surface area contributed by atoms with Gasteiger partial charge in [0, 0.05) is 0 Å². The minimum absolute atomic E-state index is 0.463. The largest absolute Gasteiger partial charge is 0.437 e. The predicted octanol–water partition coefficient (Wildman–Crippen LogP) is 0.998. The van der Waals surface area contributed by atoms with Crippen LogP contribution >= 0.6 is 0 Å². The molecule has 23 heavy (non-hydrogen) atoms. The van der Waals surface area contributed by atoms with Crippen LogP contribution in [0.25, 0.3) is 0 Å². The van der Waals surface area contributed by atoms with Gasteiger partial charge in [-0.05, 0) is 13.0 Å². The maximum Gasteiger partial charge on any atom is 0.437 e. The maximum absolute atomic E-state index is 13.1. The van der Waals surface area contributed by atoms with E-state index in [1.165, 1.54) is 5.32 Å². The van der Waals surface area contributed by atoms with E-state index >= 15 is 0 Å². The first kappa shape index (κ1) is 16.7. The summed E-state index contributed by atoms with van der Waals surface area (Å²) in [7, 11) is 0. The number of nitrogens with one attached hydrogen (secondary N) is 2. The van der Waals surface area contributed by atoms with E-state index in [0.29, 0.717) is 0 Å². The van der Waals surface area contributed by atoms with Crippen LogP contribution in [0.15, 0.2) is 16.5 Å². The van der Waals surface area contributed by atoms with Gasteiger partial charge in [0.05, 0.1) is 6.07 Å². The van der Waals surface area contributed by atoms with Crippen molar-refractivity contribution in [3.63, 3.8) is 0 Å². The summed E-state index contributed by atoms with van der Waals surface area (Å²) in [5, 5.41) is 23.7. The van der Waals surface area contributed by atoms with Crippen LogP contribution in [0.5, 0.6) is 0 Å². The van der Waals surface area contributed by atoms with E-state index in [2.05, 4.69) is 0 Å². The fraction of sp³-hybridized carbons (Fsp3) is 0.455. The first-order valence-electron chi connectivity index (χ1n) is 6.09. The Labute approximate surface area is 125 Å². The third-order valence-corrected chi connectivity index (χ3v) is 3.34. The number of ketones is 1. The van der Waals surface area contributed by atoms with Crippen LogP contribution in [0.4, 0.5) is 23.8 Å². The first-order chi connectivity index (χ1) is 10.5. The highest BCUT2D eigenvalue weighted by Crippen LogP contribution is 2.43. The van der Waals surface area contributed by atoms with Crippen molar-refractivity contribution in [1.82, 2.24) is 10.6 Å². The molecule has 1 fully saturated rings. The monoisotopic (exact) mass is 337 g/mol. The highest BCUT2D eigenvalue weighted by Gasteiger charge is 2.66. The molecule has 0 saturated carbocycles. The molecular formula is C11H10F3N3O6. The Bertz CT molecular complexity index is 672. The summed E-state index contributed by atoms with van der Waals surface area (Å²) < 4.78 is 44.2. The van der Waals surface area contributed by atoms with E-state index < -0.39 is 52.2 Å². The van der Waals surface area contributed by atoms with Crippen molar-refractivity contribution < 1.29 is 37.2 Å². The second kappa shape index (κ2) is 5.22. The molecule has 1 aromatic rings. The number of aliphatic hydroxyl groups is 1. The van der Waals surface area contributed by atoms with Gasteiger partial charge in [0.1, 0.15) is 28.4 Å². The normalized spacial score (nSPS) is 28.0. The summed E-state index contributed by atoms with van der Waals surface area (Å²) in [5.41, 5.74) is -3.84. The van der Waals surface area contributed by atoms with E-state index in [4.69, 9.17) is 4.42 Å². The van der Waals surface area contributed by atoms with Crippen molar-refractivity contribution in [2.45, 2.75) is 24.9 Å². The molecule has 0 radical (unpaired) electrons. The quantitative estimate of drug-likeness (QED) is 0.556. The summed E-state index contributed by atoms with van der Waals surface area (Å²) in [4.78, 5) is 32.8. The zero-order chi connectivity index (χ0) is 17.6. The van der Waals surface area contributed by atoms with Crippen molar-refractivity contribution in [2.75, 3.05) is 0 Å². The van der Waals surface area contributed by atoms with Gasteiger partial charge < -0.3 is 20.2 Å². The van der Waals surface area contributed by atoms with E-state index in [-0.39, 0.29) is 0 Å². The Morgan fingerprint density at radius 3 is 2.52 bits per heavy atom. The van der Waals surface area contributed by atoms with Crippen LogP contribution in [0.3, 0.4) is 0 Å². The molecule has 1 saturated heterocycles. The zero-order valence-corrected chi connectivity index (χ0v) is 11.4. The molecule has 2 heterocycles. The molecule has 1 aliphatic heterocycles. The second-order valence-electron chi connectivity index (χ2n) is 4.86. The third-order valence-electron chi connectivity index (χ3n) is 3.34. The van der Waals surface area contributed by atoms with Crippen molar-refractivity contribution >= 4 is 17.7 Å². The Hall–Kier alpha value is -2.63. The highest BCUT2D eigenvalue weighted by molar-refractivity contribution is 5.85. The number of nitrogens with zero attached hydrogens (tertiary/aromatic N) is 1. The van der Waals surface area contributed by atoms with E-state index in [1.54, 1.807) is 0 Å². The lowest BCUT2D eigenvalue weighted by Gasteiger charge is -2.43. The van der Waals surface area contributed by atoms with Gasteiger partial charge in [-0.15, -0.1) is 0 Å². The zero-order valence-electron chi connectivity index (χ0n) is 11.4. The van der Waals surface area contributed by atoms with Crippen molar-refractivity contribution in [3.8, 4) is 0 Å². The molecule has 12 heteroatoms. The number of urea groups is 1. The summed E-state index contributed by atoms with van der Waals surface area (Å²) >= 11 is 0. The van der Waals surface area contributed by atoms with Gasteiger partial charge in [0.25, 0.3) is 0 Å². The third kappa shape index (κ3) is 2.72. The second-order valence-corrected chi connectivity index (χ2v) is 4.86. The molecule has 0 bridgehead atoms. The van der Waals surface area contributed by atoms with Crippen LogP contribution in [0.1, 0.15) is 18.7 Å². The van der Waals surface area contributed by atoms with Crippen LogP contribution in [0.2, 0.25) is 0 Å². The number of furan rings is 1. The van der Waals surface area contributed by atoms with Gasteiger partial charge in [-0.1, -0.05) is 0 Å². The van der Waals surface area contributed by atoms with Gasteiger partial charge in [-0.25, -0.2) is 4.79 Å². The average Bonchev–Trinajstić information content (AvgIpc) is 2.85. The smallest absolute Gasteiger partial charge is 0.404 e. The number of hydrogen-bond acceptors (Lipinski definition) is 6. The minimum atomic E-state index is -5.36. The van der Waals surface area contributed by atoms with Gasteiger partial charge in [0.2, 0.25) is 5.72 Å². The molecule has 9 nitrogen and oxygen atoms in total. The summed E-state index contributed by atoms with van der Waals surface area (Å²) in [6.07, 6.45) is -5.36. The lowest BCUT2D eigenvalue weighted by Crippen LogP contribution is -2.72. The lowest BCUT2D eigenvalue weighted by atomic mass is 9.81. The first-order valence-corrected chi connectivity index (χ1v) is 6.09. The molecule has 0 aliphatic carbocycles. The van der Waals surface area contributed by atoms with E-state index in [1.807, 2.05) is 5.32 Å². The molecule has 1 aliphatic rings. The molecule has 2 amide bonds. The van der Waals surface area contributed by atoms with E-state index in [0.717, 1.165) is 19.1 Å². The number of halogens is 3. The predicted molar refractivity (Wildman–Crippen MR) is 64.9 cm³/mol. The summed E-state index contributed by atoms with van der Waals surface area (Å²) in [6, 6.07) is -1.35. The van der Waals surface area contributed by atoms with Gasteiger partial charge in [-0.2, -0.15) is 13.2 Å². The molecule has 0 unspecified atom stereocenters. The highest BCUT2D eigenvalue weighted by atomic mass is 19.4.